The minimum absolute atomic E-state index is 0.0531. The van der Waals surface area contributed by atoms with E-state index >= 15 is 0 Å². The molecule has 0 spiro atoms. The Bertz CT molecular complexity index is 501. The lowest BCUT2D eigenvalue weighted by molar-refractivity contribution is -0.137. The molecule has 0 aromatic carbocycles. The first-order valence-corrected chi connectivity index (χ1v) is 5.69. The molecule has 1 aromatic rings. The molecular formula is C12H13NO5. The summed E-state index contributed by atoms with van der Waals surface area (Å²) in [5.41, 5.74) is -0.248. The fourth-order valence-corrected chi connectivity index (χ4v) is 2.16. The summed E-state index contributed by atoms with van der Waals surface area (Å²) in [6.07, 6.45) is 2.54. The number of aliphatic carboxylic acids is 1. The lowest BCUT2D eigenvalue weighted by atomic mass is 10.1. The van der Waals surface area contributed by atoms with E-state index in [1.54, 1.807) is 0 Å². The summed E-state index contributed by atoms with van der Waals surface area (Å²) in [4.78, 5) is 35.2. The van der Waals surface area contributed by atoms with Crippen LogP contribution in [0.15, 0.2) is 27.6 Å². The number of hydrogen-bond donors (Lipinski definition) is 1. The van der Waals surface area contributed by atoms with E-state index in [9.17, 15) is 14.4 Å². The molecule has 1 aliphatic rings. The van der Waals surface area contributed by atoms with E-state index in [1.807, 2.05) is 0 Å². The van der Waals surface area contributed by atoms with Gasteiger partial charge in [-0.25, -0.2) is 4.79 Å². The van der Waals surface area contributed by atoms with Gasteiger partial charge in [-0.1, -0.05) is 0 Å². The van der Waals surface area contributed by atoms with Crippen LogP contribution < -0.4 is 5.63 Å². The van der Waals surface area contributed by atoms with Gasteiger partial charge in [0.05, 0.1) is 12.0 Å². The normalized spacial score (nSPS) is 18.9. The maximum Gasteiger partial charge on any atom is 0.335 e. The lowest BCUT2D eigenvalue weighted by Crippen LogP contribution is -2.36. The second kappa shape index (κ2) is 5.03. The second-order valence-corrected chi connectivity index (χ2v) is 4.24. The highest BCUT2D eigenvalue weighted by Crippen LogP contribution is 2.22. The van der Waals surface area contributed by atoms with Gasteiger partial charge in [0.1, 0.15) is 6.26 Å². The number of likely N-dealkylation sites (tertiary alicyclic amines) is 1. The fourth-order valence-electron chi connectivity index (χ4n) is 2.16. The summed E-state index contributed by atoms with van der Waals surface area (Å²) < 4.78 is 4.64. The summed E-state index contributed by atoms with van der Waals surface area (Å²) in [5, 5.41) is 8.78. The fraction of sp³-hybridized carbons (Fsp3) is 0.417. The predicted octanol–water partition coefficient (Wildman–Crippen LogP) is 0.719. The van der Waals surface area contributed by atoms with E-state index in [0.717, 1.165) is 12.7 Å². The van der Waals surface area contributed by atoms with Crippen molar-refractivity contribution < 1.29 is 19.1 Å². The largest absolute Gasteiger partial charge is 0.481 e. The molecule has 0 bridgehead atoms. The van der Waals surface area contributed by atoms with E-state index in [0.29, 0.717) is 13.0 Å². The Balaban J connectivity index is 2.14. The number of amides is 1. The first-order valence-electron chi connectivity index (χ1n) is 5.69. The Morgan fingerprint density at radius 3 is 2.83 bits per heavy atom. The van der Waals surface area contributed by atoms with Gasteiger partial charge in [0, 0.05) is 18.7 Å². The van der Waals surface area contributed by atoms with Crippen LogP contribution in [0.1, 0.15) is 29.6 Å². The van der Waals surface area contributed by atoms with Crippen LogP contribution >= 0.6 is 0 Å². The van der Waals surface area contributed by atoms with Crippen LogP contribution in [0.4, 0.5) is 0 Å². The molecule has 1 aromatic heterocycles. The van der Waals surface area contributed by atoms with Gasteiger partial charge in [0.25, 0.3) is 5.91 Å². The van der Waals surface area contributed by atoms with Crippen molar-refractivity contribution in [1.82, 2.24) is 4.90 Å². The van der Waals surface area contributed by atoms with E-state index in [1.165, 1.54) is 17.0 Å². The molecule has 1 aliphatic heterocycles. The molecule has 1 N–H and O–H groups in total. The Hall–Kier alpha value is -2.11. The molecule has 1 unspecified atom stereocenters. The van der Waals surface area contributed by atoms with Gasteiger partial charge in [-0.05, 0) is 18.9 Å². The number of hydrogen-bond acceptors (Lipinski definition) is 4. The van der Waals surface area contributed by atoms with Gasteiger partial charge in [-0.2, -0.15) is 0 Å². The molecule has 2 rings (SSSR count). The number of nitrogens with zero attached hydrogens (tertiary/aromatic N) is 1. The quantitative estimate of drug-likeness (QED) is 0.855. The van der Waals surface area contributed by atoms with E-state index < -0.39 is 11.6 Å². The highest BCUT2D eigenvalue weighted by Gasteiger charge is 2.31. The van der Waals surface area contributed by atoms with Crippen LogP contribution in [-0.2, 0) is 4.79 Å². The third kappa shape index (κ3) is 2.58. The van der Waals surface area contributed by atoms with Crippen LogP contribution in [0.25, 0.3) is 0 Å². The van der Waals surface area contributed by atoms with Crippen LogP contribution in [0.2, 0.25) is 0 Å². The molecule has 1 fully saturated rings. The molecule has 1 atom stereocenters. The summed E-state index contributed by atoms with van der Waals surface area (Å²) in [7, 11) is 0. The molecule has 0 aliphatic carbocycles. The van der Waals surface area contributed by atoms with Crippen molar-refractivity contribution in [2.45, 2.75) is 25.3 Å². The average molecular weight is 251 g/mol. The van der Waals surface area contributed by atoms with E-state index in [-0.39, 0.29) is 23.9 Å². The highest BCUT2D eigenvalue weighted by molar-refractivity contribution is 5.94. The molecule has 18 heavy (non-hydrogen) atoms. The monoisotopic (exact) mass is 251 g/mol. The lowest BCUT2D eigenvalue weighted by Gasteiger charge is -2.23. The maximum absolute atomic E-state index is 12.1. The maximum atomic E-state index is 12.1. The minimum atomic E-state index is -0.917. The second-order valence-electron chi connectivity index (χ2n) is 4.24. The summed E-state index contributed by atoms with van der Waals surface area (Å²) in [6, 6.07) is 2.29. The molecule has 0 radical (unpaired) electrons. The zero-order valence-electron chi connectivity index (χ0n) is 9.67. The van der Waals surface area contributed by atoms with E-state index in [4.69, 9.17) is 5.11 Å². The molecular weight excluding hydrogens is 238 g/mol. The molecule has 1 saturated heterocycles. The van der Waals surface area contributed by atoms with Crippen LogP contribution in [0.5, 0.6) is 0 Å². The summed E-state index contributed by atoms with van der Waals surface area (Å²) in [5.74, 6) is -1.21. The van der Waals surface area contributed by atoms with Gasteiger partial charge >= 0.3 is 11.6 Å². The van der Waals surface area contributed by atoms with Crippen molar-refractivity contribution in [1.29, 1.82) is 0 Å². The van der Waals surface area contributed by atoms with Crippen LogP contribution in [0.3, 0.4) is 0 Å². The number of carboxylic acids is 1. The Kier molecular flexibility index (Phi) is 3.45. The standard InChI is InChI=1S/C12H13NO5/c14-10(15)6-9-2-1-5-13(9)12(17)8-3-4-11(16)18-7-8/h3-4,7,9H,1-2,5-6H2,(H,14,15). The number of rotatable bonds is 3. The highest BCUT2D eigenvalue weighted by atomic mass is 16.4. The topological polar surface area (TPSA) is 87.8 Å². The van der Waals surface area contributed by atoms with Crippen molar-refractivity contribution in [3.05, 3.63) is 34.4 Å². The van der Waals surface area contributed by atoms with Gasteiger partial charge in [0.2, 0.25) is 0 Å². The predicted molar refractivity (Wildman–Crippen MR) is 61.3 cm³/mol. The SMILES string of the molecule is O=C(O)CC1CCCN1C(=O)c1ccc(=O)oc1. The Labute approximate surface area is 103 Å². The zero-order valence-corrected chi connectivity index (χ0v) is 9.67. The molecule has 2 heterocycles. The first-order chi connectivity index (χ1) is 8.58. The minimum Gasteiger partial charge on any atom is -0.481 e. The van der Waals surface area contributed by atoms with Gasteiger partial charge in [-0.15, -0.1) is 0 Å². The van der Waals surface area contributed by atoms with Crippen molar-refractivity contribution in [3.8, 4) is 0 Å². The van der Waals surface area contributed by atoms with Crippen LogP contribution in [-0.4, -0.2) is 34.5 Å². The van der Waals surface area contributed by atoms with Crippen LogP contribution in [0, 0.1) is 0 Å². The van der Waals surface area contributed by atoms with Crippen molar-refractivity contribution >= 4 is 11.9 Å². The molecule has 1 amide bonds. The smallest absolute Gasteiger partial charge is 0.335 e. The third-order valence-corrected chi connectivity index (χ3v) is 3.00. The number of carboxylic acid groups (broad SMARTS) is 1. The third-order valence-electron chi connectivity index (χ3n) is 3.00. The van der Waals surface area contributed by atoms with Gasteiger partial charge in [-0.3, -0.25) is 9.59 Å². The summed E-state index contributed by atoms with van der Waals surface area (Å²) in [6.45, 7) is 0.538. The van der Waals surface area contributed by atoms with Gasteiger partial charge in [0.15, 0.2) is 0 Å². The first kappa shape index (κ1) is 12.3. The Morgan fingerprint density at radius 2 is 2.22 bits per heavy atom. The van der Waals surface area contributed by atoms with Crippen molar-refractivity contribution in [2.24, 2.45) is 0 Å². The average Bonchev–Trinajstić information content (AvgIpc) is 2.76. The Morgan fingerprint density at radius 1 is 1.44 bits per heavy atom. The summed E-state index contributed by atoms with van der Waals surface area (Å²) >= 11 is 0. The zero-order chi connectivity index (χ0) is 13.1. The number of carbonyl (C=O) groups is 2. The molecule has 6 nitrogen and oxygen atoms in total. The van der Waals surface area contributed by atoms with Crippen molar-refractivity contribution in [3.63, 3.8) is 0 Å². The van der Waals surface area contributed by atoms with E-state index in [2.05, 4.69) is 4.42 Å². The van der Waals surface area contributed by atoms with Gasteiger partial charge < -0.3 is 14.4 Å². The molecule has 6 heteroatoms. The molecule has 0 saturated carbocycles. The van der Waals surface area contributed by atoms with Crippen molar-refractivity contribution in [2.75, 3.05) is 6.54 Å². The number of carbonyl (C=O) groups excluding carboxylic acids is 1. The molecule has 96 valence electrons.